The molecule has 1 saturated heterocycles. The molecule has 1 aromatic rings. The van der Waals surface area contributed by atoms with Crippen molar-refractivity contribution >= 4 is 18.1 Å². The number of primary amides is 1. The van der Waals surface area contributed by atoms with Gasteiger partial charge in [-0.25, -0.2) is 4.68 Å². The largest absolute Gasteiger partial charge is 0.379 e. The summed E-state index contributed by atoms with van der Waals surface area (Å²) in [5.41, 5.74) is 5.25. The number of carbonyl (C=O) groups excluding carboxylic acids is 1. The van der Waals surface area contributed by atoms with Crippen LogP contribution in [0, 0.1) is 10.7 Å². The van der Waals surface area contributed by atoms with Crippen molar-refractivity contribution in [3.05, 3.63) is 10.6 Å². The van der Waals surface area contributed by atoms with Gasteiger partial charge in [-0.3, -0.25) is 9.69 Å². The molecule has 1 aliphatic heterocycles. The summed E-state index contributed by atoms with van der Waals surface area (Å²) < 4.78 is 9.95. The summed E-state index contributed by atoms with van der Waals surface area (Å²) in [7, 11) is 0. The van der Waals surface area contributed by atoms with E-state index in [9.17, 15) is 4.79 Å². The molecule has 2 heterocycles. The molecule has 8 heteroatoms. The summed E-state index contributed by atoms with van der Waals surface area (Å²) in [4.78, 5) is 13.3. The number of rotatable bonds is 7. The fraction of sp³-hybridized carbons (Fsp3) is 0.786. The van der Waals surface area contributed by atoms with Crippen LogP contribution in [-0.2, 0) is 29.2 Å². The maximum atomic E-state index is 11.0. The van der Waals surface area contributed by atoms with Crippen LogP contribution in [0.5, 0.6) is 0 Å². The van der Waals surface area contributed by atoms with Crippen molar-refractivity contribution in [2.75, 3.05) is 26.3 Å². The molecule has 1 aliphatic rings. The van der Waals surface area contributed by atoms with Crippen LogP contribution < -0.4 is 5.73 Å². The van der Waals surface area contributed by atoms with Gasteiger partial charge >= 0.3 is 0 Å². The van der Waals surface area contributed by atoms with Crippen LogP contribution >= 0.6 is 12.2 Å². The molecule has 0 unspecified atom stereocenters. The minimum atomic E-state index is -0.315. The van der Waals surface area contributed by atoms with E-state index in [-0.39, 0.29) is 5.91 Å². The predicted molar refractivity (Wildman–Crippen MR) is 85.8 cm³/mol. The third-order valence-corrected chi connectivity index (χ3v) is 4.01. The summed E-state index contributed by atoms with van der Waals surface area (Å²) in [5.74, 6) is 0.982. The van der Waals surface area contributed by atoms with Gasteiger partial charge in [0, 0.05) is 32.5 Å². The first kappa shape index (κ1) is 17.1. The minimum absolute atomic E-state index is 0.293. The predicted octanol–water partition coefficient (Wildman–Crippen LogP) is 0.778. The van der Waals surface area contributed by atoms with Crippen LogP contribution in [-0.4, -0.2) is 51.5 Å². The molecule has 0 aliphatic carbocycles. The maximum absolute atomic E-state index is 11.0. The Bertz CT molecular complexity index is 560. The third-order valence-electron chi connectivity index (χ3n) is 3.58. The quantitative estimate of drug-likeness (QED) is 0.749. The van der Waals surface area contributed by atoms with Crippen LogP contribution in [0.1, 0.15) is 26.1 Å². The van der Waals surface area contributed by atoms with Crippen molar-refractivity contribution < 1.29 is 9.53 Å². The molecule has 2 rings (SSSR count). The summed E-state index contributed by atoms with van der Waals surface area (Å²) in [6, 6.07) is 0. The van der Waals surface area contributed by atoms with Crippen molar-refractivity contribution in [1.82, 2.24) is 19.2 Å². The van der Waals surface area contributed by atoms with Crippen LogP contribution in [0.4, 0.5) is 0 Å². The zero-order valence-corrected chi connectivity index (χ0v) is 14.1. The second-order valence-corrected chi connectivity index (χ2v) is 6.41. The van der Waals surface area contributed by atoms with Gasteiger partial charge < -0.3 is 15.0 Å². The van der Waals surface area contributed by atoms with Gasteiger partial charge in [0.15, 0.2) is 4.77 Å². The standard InChI is InChI=1S/C14H25N5O2S/c1-11(2)9-18-13(4-3-12(15)20)16-19(14(18)22)10-17-5-7-21-8-6-17/h11H,3-10H2,1-2H3,(H2,15,20). The number of aromatic nitrogens is 3. The van der Waals surface area contributed by atoms with Crippen LogP contribution in [0.25, 0.3) is 0 Å². The molecular weight excluding hydrogens is 302 g/mol. The molecule has 0 spiro atoms. The molecule has 22 heavy (non-hydrogen) atoms. The Kier molecular flexibility index (Phi) is 6.10. The van der Waals surface area contributed by atoms with E-state index in [0.29, 0.717) is 30.2 Å². The molecule has 7 nitrogen and oxygen atoms in total. The van der Waals surface area contributed by atoms with E-state index in [1.165, 1.54) is 0 Å². The van der Waals surface area contributed by atoms with Crippen LogP contribution in [0.2, 0.25) is 0 Å². The highest BCUT2D eigenvalue weighted by atomic mass is 32.1. The normalized spacial score (nSPS) is 16.3. The molecule has 0 saturated carbocycles. The van der Waals surface area contributed by atoms with Crippen molar-refractivity contribution in [3.63, 3.8) is 0 Å². The van der Waals surface area contributed by atoms with E-state index < -0.39 is 0 Å². The number of morpholine rings is 1. The molecule has 2 N–H and O–H groups in total. The maximum Gasteiger partial charge on any atom is 0.217 e. The SMILES string of the molecule is CC(C)Cn1c(CCC(N)=O)nn(CN2CCOCC2)c1=S. The van der Waals surface area contributed by atoms with E-state index in [1.807, 2.05) is 9.25 Å². The van der Waals surface area contributed by atoms with Gasteiger partial charge in [-0.1, -0.05) is 13.8 Å². The number of amides is 1. The lowest BCUT2D eigenvalue weighted by molar-refractivity contribution is -0.118. The second-order valence-electron chi connectivity index (χ2n) is 6.04. The zero-order valence-electron chi connectivity index (χ0n) is 13.3. The second kappa shape index (κ2) is 7.85. The fourth-order valence-electron chi connectivity index (χ4n) is 2.48. The number of nitrogens with two attached hydrogens (primary N) is 1. The average molecular weight is 327 g/mol. The van der Waals surface area contributed by atoms with E-state index in [0.717, 1.165) is 38.7 Å². The summed E-state index contributed by atoms with van der Waals surface area (Å²) in [5, 5.41) is 4.61. The number of ether oxygens (including phenoxy) is 1. The van der Waals surface area contributed by atoms with Crippen molar-refractivity contribution in [2.24, 2.45) is 11.7 Å². The highest BCUT2D eigenvalue weighted by Gasteiger charge is 2.16. The zero-order chi connectivity index (χ0) is 16.1. The topological polar surface area (TPSA) is 78.3 Å². The van der Waals surface area contributed by atoms with Crippen molar-refractivity contribution in [3.8, 4) is 0 Å². The minimum Gasteiger partial charge on any atom is -0.379 e. The molecule has 1 amide bonds. The Hall–Kier alpha value is -1.25. The lowest BCUT2D eigenvalue weighted by Gasteiger charge is -2.26. The van der Waals surface area contributed by atoms with Gasteiger partial charge in [0.1, 0.15) is 5.82 Å². The number of carbonyl (C=O) groups is 1. The molecular formula is C14H25N5O2S. The van der Waals surface area contributed by atoms with E-state index >= 15 is 0 Å². The van der Waals surface area contributed by atoms with Gasteiger partial charge in [0.25, 0.3) is 0 Å². The Morgan fingerprint density at radius 3 is 2.68 bits per heavy atom. The summed E-state index contributed by atoms with van der Waals surface area (Å²) in [6.45, 7) is 9.00. The first-order valence-electron chi connectivity index (χ1n) is 7.72. The van der Waals surface area contributed by atoms with E-state index in [4.69, 9.17) is 22.7 Å². The van der Waals surface area contributed by atoms with Crippen LogP contribution in [0.3, 0.4) is 0 Å². The van der Waals surface area contributed by atoms with Gasteiger partial charge in [-0.15, -0.1) is 0 Å². The highest BCUT2D eigenvalue weighted by Crippen LogP contribution is 2.10. The van der Waals surface area contributed by atoms with Gasteiger partial charge in [0.2, 0.25) is 5.91 Å². The van der Waals surface area contributed by atoms with Gasteiger partial charge in [-0.05, 0) is 18.1 Å². The smallest absolute Gasteiger partial charge is 0.217 e. The Morgan fingerprint density at radius 1 is 1.41 bits per heavy atom. The molecule has 1 fully saturated rings. The number of nitrogens with zero attached hydrogens (tertiary/aromatic N) is 4. The molecule has 0 bridgehead atoms. The lowest BCUT2D eigenvalue weighted by Crippen LogP contribution is -2.37. The van der Waals surface area contributed by atoms with Gasteiger partial charge in [-0.2, -0.15) is 5.10 Å². The third kappa shape index (κ3) is 4.62. The average Bonchev–Trinajstić information content (AvgIpc) is 2.74. The molecule has 0 atom stereocenters. The lowest BCUT2D eigenvalue weighted by atomic mass is 10.2. The van der Waals surface area contributed by atoms with Crippen molar-refractivity contribution in [1.29, 1.82) is 0 Å². The highest BCUT2D eigenvalue weighted by molar-refractivity contribution is 7.71. The molecule has 0 aromatic carbocycles. The number of aryl methyl sites for hydroxylation is 1. The summed E-state index contributed by atoms with van der Waals surface area (Å²) >= 11 is 5.57. The number of hydrogen-bond donors (Lipinski definition) is 1. The monoisotopic (exact) mass is 327 g/mol. The van der Waals surface area contributed by atoms with E-state index in [2.05, 4.69) is 23.8 Å². The molecule has 0 radical (unpaired) electrons. The summed E-state index contributed by atoms with van der Waals surface area (Å²) in [6.07, 6.45) is 0.823. The molecule has 1 aromatic heterocycles. The number of hydrogen-bond acceptors (Lipinski definition) is 5. The first-order chi connectivity index (χ1) is 10.5. The molecule has 124 valence electrons. The van der Waals surface area contributed by atoms with E-state index in [1.54, 1.807) is 0 Å². The van der Waals surface area contributed by atoms with Crippen LogP contribution in [0.15, 0.2) is 0 Å². The Morgan fingerprint density at radius 2 is 2.09 bits per heavy atom. The van der Waals surface area contributed by atoms with Gasteiger partial charge in [0.05, 0.1) is 19.9 Å². The fourth-order valence-corrected chi connectivity index (χ4v) is 2.76. The Balaban J connectivity index is 2.18. The Labute approximate surface area is 136 Å². The first-order valence-corrected chi connectivity index (χ1v) is 8.13. The van der Waals surface area contributed by atoms with Crippen molar-refractivity contribution in [2.45, 2.75) is 39.9 Å².